The van der Waals surface area contributed by atoms with Crippen molar-refractivity contribution in [3.05, 3.63) is 34.6 Å². The number of ether oxygens (including phenoxy) is 1. The lowest BCUT2D eigenvalue weighted by molar-refractivity contribution is -0.142. The molecule has 0 aromatic heterocycles. The average molecular weight is 221 g/mol. The van der Waals surface area contributed by atoms with Crippen LogP contribution in [0, 0.1) is 24.1 Å². The molecule has 1 aromatic carbocycles. The first-order valence-corrected chi connectivity index (χ1v) is 4.93. The highest BCUT2D eigenvalue weighted by molar-refractivity contribution is 5.72. The van der Waals surface area contributed by atoms with Crippen LogP contribution < -0.4 is 0 Å². The van der Waals surface area contributed by atoms with E-state index in [0.29, 0.717) is 0 Å². The van der Waals surface area contributed by atoms with Gasteiger partial charge in [-0.1, -0.05) is 6.07 Å². The normalized spacial score (nSPS) is 9.62. The highest BCUT2D eigenvalue weighted by atomic mass is 19.1. The van der Waals surface area contributed by atoms with Crippen molar-refractivity contribution in [3.63, 3.8) is 0 Å². The molecular formula is C12H12FNO2. The monoisotopic (exact) mass is 221 g/mol. The number of nitrogens with zero attached hydrogens (tertiary/aromatic N) is 1. The van der Waals surface area contributed by atoms with Crippen LogP contribution in [0.1, 0.15) is 23.6 Å². The van der Waals surface area contributed by atoms with Crippen molar-refractivity contribution in [1.82, 2.24) is 0 Å². The molecule has 0 aliphatic rings. The third-order valence-electron chi connectivity index (χ3n) is 2.23. The molecule has 0 atom stereocenters. The fourth-order valence-electron chi connectivity index (χ4n) is 1.37. The highest BCUT2D eigenvalue weighted by Gasteiger charge is 2.13. The molecule has 0 fully saturated rings. The molecule has 84 valence electrons. The van der Waals surface area contributed by atoms with Crippen LogP contribution in [-0.2, 0) is 16.0 Å². The number of rotatable bonds is 3. The minimum atomic E-state index is -0.507. The number of carbonyl (C=O) groups is 1. The summed E-state index contributed by atoms with van der Waals surface area (Å²) >= 11 is 0. The van der Waals surface area contributed by atoms with E-state index in [1.807, 2.05) is 6.07 Å². The molecule has 0 heterocycles. The van der Waals surface area contributed by atoms with E-state index in [0.717, 1.165) is 0 Å². The third-order valence-corrected chi connectivity index (χ3v) is 2.23. The van der Waals surface area contributed by atoms with Gasteiger partial charge in [0.15, 0.2) is 0 Å². The van der Waals surface area contributed by atoms with Gasteiger partial charge in [-0.25, -0.2) is 4.39 Å². The maximum Gasteiger partial charge on any atom is 0.310 e. The van der Waals surface area contributed by atoms with E-state index < -0.39 is 11.8 Å². The van der Waals surface area contributed by atoms with Gasteiger partial charge in [0.1, 0.15) is 5.82 Å². The van der Waals surface area contributed by atoms with E-state index in [-0.39, 0.29) is 29.7 Å². The van der Waals surface area contributed by atoms with Gasteiger partial charge in [0.25, 0.3) is 0 Å². The molecule has 1 rings (SSSR count). The summed E-state index contributed by atoms with van der Waals surface area (Å²) in [4.78, 5) is 11.2. The van der Waals surface area contributed by atoms with Crippen molar-refractivity contribution in [3.8, 4) is 6.07 Å². The lowest BCUT2D eigenvalue weighted by atomic mass is 10.0. The molecule has 0 bridgehead atoms. The predicted octanol–water partition coefficient (Wildman–Crippen LogP) is 2.11. The van der Waals surface area contributed by atoms with Crippen molar-refractivity contribution >= 4 is 5.97 Å². The average Bonchev–Trinajstić information content (AvgIpc) is 2.25. The van der Waals surface area contributed by atoms with E-state index in [9.17, 15) is 9.18 Å². The Labute approximate surface area is 93.5 Å². The van der Waals surface area contributed by atoms with Gasteiger partial charge < -0.3 is 4.74 Å². The maximum absolute atomic E-state index is 13.7. The summed E-state index contributed by atoms with van der Waals surface area (Å²) in [5.41, 5.74) is 0.810. The predicted molar refractivity (Wildman–Crippen MR) is 56.2 cm³/mol. The molecule has 16 heavy (non-hydrogen) atoms. The fourth-order valence-corrected chi connectivity index (χ4v) is 1.37. The van der Waals surface area contributed by atoms with Crippen molar-refractivity contribution in [2.45, 2.75) is 20.3 Å². The summed E-state index contributed by atoms with van der Waals surface area (Å²) in [6.07, 6.45) is -0.105. The molecule has 0 saturated heterocycles. The Balaban J connectivity index is 2.96. The van der Waals surface area contributed by atoms with Gasteiger partial charge in [0, 0.05) is 5.56 Å². The number of benzene rings is 1. The zero-order valence-corrected chi connectivity index (χ0v) is 9.21. The SMILES string of the molecule is CCOC(=O)Cc1ccc(C#N)c(C)c1F. The summed E-state index contributed by atoms with van der Waals surface area (Å²) in [5.74, 6) is -0.974. The molecule has 3 nitrogen and oxygen atoms in total. The van der Waals surface area contributed by atoms with E-state index in [1.54, 1.807) is 6.92 Å². The summed E-state index contributed by atoms with van der Waals surface area (Å²) < 4.78 is 18.4. The quantitative estimate of drug-likeness (QED) is 0.734. The third kappa shape index (κ3) is 2.57. The van der Waals surface area contributed by atoms with Gasteiger partial charge in [-0.05, 0) is 25.5 Å². The molecule has 0 aliphatic heterocycles. The van der Waals surface area contributed by atoms with Crippen LogP contribution in [0.3, 0.4) is 0 Å². The van der Waals surface area contributed by atoms with Crippen molar-refractivity contribution in [1.29, 1.82) is 5.26 Å². The van der Waals surface area contributed by atoms with Crippen LogP contribution in [0.2, 0.25) is 0 Å². The second-order valence-corrected chi connectivity index (χ2v) is 3.30. The largest absolute Gasteiger partial charge is 0.466 e. The first kappa shape index (κ1) is 12.2. The summed E-state index contributed by atoms with van der Waals surface area (Å²) in [5, 5.41) is 8.69. The Morgan fingerprint density at radius 1 is 1.56 bits per heavy atom. The number of hydrogen-bond acceptors (Lipinski definition) is 3. The smallest absolute Gasteiger partial charge is 0.310 e. The van der Waals surface area contributed by atoms with Gasteiger partial charge in [-0.15, -0.1) is 0 Å². The van der Waals surface area contributed by atoms with Crippen LogP contribution in [0.15, 0.2) is 12.1 Å². The molecular weight excluding hydrogens is 209 g/mol. The first-order valence-electron chi connectivity index (χ1n) is 4.93. The topological polar surface area (TPSA) is 50.1 Å². The Morgan fingerprint density at radius 3 is 2.81 bits per heavy atom. The van der Waals surface area contributed by atoms with Gasteiger partial charge in [-0.3, -0.25) is 4.79 Å². The van der Waals surface area contributed by atoms with E-state index in [2.05, 4.69) is 0 Å². The zero-order valence-electron chi connectivity index (χ0n) is 9.21. The van der Waals surface area contributed by atoms with Crippen molar-refractivity contribution in [2.75, 3.05) is 6.61 Å². The van der Waals surface area contributed by atoms with Gasteiger partial charge in [0.05, 0.1) is 24.7 Å². The van der Waals surface area contributed by atoms with Crippen molar-refractivity contribution < 1.29 is 13.9 Å². The number of halogens is 1. The Hall–Kier alpha value is -1.89. The maximum atomic E-state index is 13.7. The molecule has 0 radical (unpaired) electrons. The number of esters is 1. The second kappa shape index (κ2) is 5.26. The summed E-state index contributed by atoms with van der Waals surface area (Å²) in [6, 6.07) is 4.83. The minimum Gasteiger partial charge on any atom is -0.466 e. The Kier molecular flexibility index (Phi) is 4.01. The van der Waals surface area contributed by atoms with E-state index in [1.165, 1.54) is 19.1 Å². The second-order valence-electron chi connectivity index (χ2n) is 3.30. The van der Waals surface area contributed by atoms with Crippen LogP contribution in [-0.4, -0.2) is 12.6 Å². The number of nitriles is 1. The summed E-state index contributed by atoms with van der Waals surface area (Å²) in [6.45, 7) is 3.48. The molecule has 0 saturated carbocycles. The van der Waals surface area contributed by atoms with Gasteiger partial charge in [-0.2, -0.15) is 5.26 Å². The van der Waals surface area contributed by atoms with Crippen LogP contribution in [0.25, 0.3) is 0 Å². The van der Waals surface area contributed by atoms with Gasteiger partial charge in [0.2, 0.25) is 0 Å². The zero-order chi connectivity index (χ0) is 12.1. The number of hydrogen-bond donors (Lipinski definition) is 0. The molecule has 0 N–H and O–H groups in total. The number of carbonyl (C=O) groups excluding carboxylic acids is 1. The highest BCUT2D eigenvalue weighted by Crippen LogP contribution is 2.17. The van der Waals surface area contributed by atoms with Crippen LogP contribution in [0.5, 0.6) is 0 Å². The van der Waals surface area contributed by atoms with Crippen molar-refractivity contribution in [2.24, 2.45) is 0 Å². The van der Waals surface area contributed by atoms with Crippen LogP contribution >= 0.6 is 0 Å². The van der Waals surface area contributed by atoms with E-state index in [4.69, 9.17) is 10.00 Å². The lowest BCUT2D eigenvalue weighted by Crippen LogP contribution is -2.09. The molecule has 4 heteroatoms. The standard InChI is InChI=1S/C12H12FNO2/c1-3-16-11(15)6-9-4-5-10(7-14)8(2)12(9)13/h4-5H,3,6H2,1-2H3. The minimum absolute atomic E-state index is 0.105. The fraction of sp³-hybridized carbons (Fsp3) is 0.333. The molecule has 0 unspecified atom stereocenters. The van der Waals surface area contributed by atoms with Gasteiger partial charge >= 0.3 is 5.97 Å². The molecule has 1 aromatic rings. The summed E-state index contributed by atoms with van der Waals surface area (Å²) in [7, 11) is 0. The molecule has 0 aliphatic carbocycles. The Morgan fingerprint density at radius 2 is 2.25 bits per heavy atom. The lowest BCUT2D eigenvalue weighted by Gasteiger charge is -2.06. The molecule has 0 spiro atoms. The molecule has 0 amide bonds. The van der Waals surface area contributed by atoms with E-state index >= 15 is 0 Å². The Bertz CT molecular complexity index is 449. The van der Waals surface area contributed by atoms with Crippen LogP contribution in [0.4, 0.5) is 4.39 Å². The first-order chi connectivity index (χ1) is 7.60.